The molecule has 0 aromatic heterocycles. The molecular weight excluding hydrogens is 252 g/mol. The van der Waals surface area contributed by atoms with Gasteiger partial charge in [0.1, 0.15) is 5.75 Å². The second-order valence-corrected chi connectivity index (χ2v) is 5.60. The van der Waals surface area contributed by atoms with Crippen molar-refractivity contribution in [3.63, 3.8) is 0 Å². The van der Waals surface area contributed by atoms with E-state index in [-0.39, 0.29) is 17.7 Å². The number of aromatic hydroxyl groups is 1. The Balaban J connectivity index is 1.91. The summed E-state index contributed by atoms with van der Waals surface area (Å²) in [6, 6.07) is 5.91. The number of amides is 1. The molecule has 1 aliphatic carbocycles. The normalized spacial score (nSPS) is 22.5. The zero-order chi connectivity index (χ0) is 14.5. The topological polar surface area (TPSA) is 61.4 Å². The number of benzene rings is 1. The van der Waals surface area contributed by atoms with Crippen molar-refractivity contribution >= 4 is 5.91 Å². The summed E-state index contributed by atoms with van der Waals surface area (Å²) < 4.78 is 0. The van der Waals surface area contributed by atoms with Gasteiger partial charge in [-0.2, -0.15) is 0 Å². The summed E-state index contributed by atoms with van der Waals surface area (Å²) in [6.07, 6.45) is 4.18. The minimum atomic E-state index is -0.168. The number of phenols is 1. The second-order valence-electron chi connectivity index (χ2n) is 5.60. The lowest BCUT2D eigenvalue weighted by Gasteiger charge is -2.29. The fraction of sp³-hybridized carbons (Fsp3) is 0.562. The van der Waals surface area contributed by atoms with Gasteiger partial charge in [-0.1, -0.05) is 18.6 Å². The number of carbonyl (C=O) groups is 1. The quantitative estimate of drug-likeness (QED) is 0.791. The van der Waals surface area contributed by atoms with Crippen LogP contribution in [0, 0.1) is 6.92 Å². The third-order valence-corrected chi connectivity index (χ3v) is 3.95. The lowest BCUT2D eigenvalue weighted by molar-refractivity contribution is 0.0921. The molecule has 1 aromatic carbocycles. The van der Waals surface area contributed by atoms with Crippen molar-refractivity contribution in [1.82, 2.24) is 10.6 Å². The van der Waals surface area contributed by atoms with Crippen molar-refractivity contribution in [3.05, 3.63) is 29.3 Å². The van der Waals surface area contributed by atoms with E-state index in [1.807, 2.05) is 6.92 Å². The third-order valence-electron chi connectivity index (χ3n) is 3.95. The number of hydrogen-bond donors (Lipinski definition) is 3. The summed E-state index contributed by atoms with van der Waals surface area (Å²) in [5.41, 5.74) is 1.35. The Kier molecular flexibility index (Phi) is 5.01. The van der Waals surface area contributed by atoms with E-state index in [2.05, 4.69) is 17.6 Å². The van der Waals surface area contributed by atoms with Crippen LogP contribution in [0.15, 0.2) is 18.2 Å². The molecule has 4 heteroatoms. The van der Waals surface area contributed by atoms with Gasteiger partial charge in [0, 0.05) is 12.1 Å². The highest BCUT2D eigenvalue weighted by molar-refractivity contribution is 5.97. The average molecular weight is 276 g/mol. The van der Waals surface area contributed by atoms with Gasteiger partial charge in [0.15, 0.2) is 0 Å². The van der Waals surface area contributed by atoms with Crippen LogP contribution in [-0.2, 0) is 0 Å². The van der Waals surface area contributed by atoms with Crippen LogP contribution in [0.1, 0.15) is 48.5 Å². The summed E-state index contributed by atoms with van der Waals surface area (Å²) in [4.78, 5) is 12.2. The van der Waals surface area contributed by atoms with Crippen LogP contribution < -0.4 is 10.6 Å². The minimum absolute atomic E-state index is 0.0504. The van der Waals surface area contributed by atoms with E-state index in [0.717, 1.165) is 37.8 Å². The van der Waals surface area contributed by atoms with E-state index >= 15 is 0 Å². The molecule has 4 nitrogen and oxygen atoms in total. The van der Waals surface area contributed by atoms with Gasteiger partial charge in [0.25, 0.3) is 5.91 Å². The molecular formula is C16H24N2O2. The standard InChI is InChI=1S/C16H24N2O2/c1-3-17-12-5-7-13(8-6-12)18-16(20)14-10-11(2)4-9-15(14)19/h4,9-10,12-13,17,19H,3,5-8H2,1-2H3,(H,18,20). The summed E-state index contributed by atoms with van der Waals surface area (Å²) >= 11 is 0. The van der Waals surface area contributed by atoms with Crippen molar-refractivity contribution < 1.29 is 9.90 Å². The van der Waals surface area contributed by atoms with Gasteiger partial charge in [-0.15, -0.1) is 0 Å². The minimum Gasteiger partial charge on any atom is -0.507 e. The molecule has 0 saturated heterocycles. The number of nitrogens with one attached hydrogen (secondary N) is 2. The molecule has 0 radical (unpaired) electrons. The van der Waals surface area contributed by atoms with E-state index in [1.165, 1.54) is 0 Å². The molecule has 110 valence electrons. The van der Waals surface area contributed by atoms with Gasteiger partial charge in [-0.3, -0.25) is 4.79 Å². The number of hydrogen-bond acceptors (Lipinski definition) is 3. The third kappa shape index (κ3) is 3.73. The average Bonchev–Trinajstić information content (AvgIpc) is 2.44. The lowest BCUT2D eigenvalue weighted by atomic mass is 9.91. The number of aryl methyl sites for hydroxylation is 1. The molecule has 2 rings (SSSR count). The van der Waals surface area contributed by atoms with Crippen molar-refractivity contribution in [3.8, 4) is 5.75 Å². The van der Waals surface area contributed by atoms with E-state index in [9.17, 15) is 9.90 Å². The van der Waals surface area contributed by atoms with Gasteiger partial charge in [-0.05, 0) is 51.3 Å². The van der Waals surface area contributed by atoms with Gasteiger partial charge in [-0.25, -0.2) is 0 Å². The molecule has 1 aromatic rings. The molecule has 0 unspecified atom stereocenters. The van der Waals surface area contributed by atoms with Crippen LogP contribution in [0.3, 0.4) is 0 Å². The molecule has 3 N–H and O–H groups in total. The first kappa shape index (κ1) is 14.9. The lowest BCUT2D eigenvalue weighted by Crippen LogP contribution is -2.42. The van der Waals surface area contributed by atoms with Gasteiger partial charge >= 0.3 is 0 Å². The molecule has 1 amide bonds. The van der Waals surface area contributed by atoms with Gasteiger partial charge in [0.2, 0.25) is 0 Å². The van der Waals surface area contributed by atoms with Crippen LogP contribution in [0.25, 0.3) is 0 Å². The molecule has 1 aliphatic rings. The molecule has 0 bridgehead atoms. The molecule has 0 aliphatic heterocycles. The highest BCUT2D eigenvalue weighted by Gasteiger charge is 2.23. The monoisotopic (exact) mass is 276 g/mol. The molecule has 1 saturated carbocycles. The molecule has 0 atom stereocenters. The van der Waals surface area contributed by atoms with Crippen molar-refractivity contribution in [1.29, 1.82) is 0 Å². The van der Waals surface area contributed by atoms with E-state index in [1.54, 1.807) is 18.2 Å². The zero-order valence-corrected chi connectivity index (χ0v) is 12.3. The van der Waals surface area contributed by atoms with E-state index < -0.39 is 0 Å². The molecule has 20 heavy (non-hydrogen) atoms. The maximum absolute atomic E-state index is 12.2. The highest BCUT2D eigenvalue weighted by Crippen LogP contribution is 2.21. The number of carbonyl (C=O) groups excluding carboxylic acids is 1. The van der Waals surface area contributed by atoms with Crippen LogP contribution >= 0.6 is 0 Å². The number of rotatable bonds is 4. The predicted molar refractivity (Wildman–Crippen MR) is 80.0 cm³/mol. The van der Waals surface area contributed by atoms with Crippen LogP contribution in [0.5, 0.6) is 5.75 Å². The van der Waals surface area contributed by atoms with Crippen molar-refractivity contribution in [2.45, 2.75) is 51.6 Å². The fourth-order valence-corrected chi connectivity index (χ4v) is 2.83. The molecule has 1 fully saturated rings. The summed E-state index contributed by atoms with van der Waals surface area (Å²) in [6.45, 7) is 5.03. The second kappa shape index (κ2) is 6.75. The SMILES string of the molecule is CCNC1CCC(NC(=O)c2cc(C)ccc2O)CC1. The van der Waals surface area contributed by atoms with Crippen LogP contribution in [0.4, 0.5) is 0 Å². The summed E-state index contributed by atoms with van der Waals surface area (Å²) in [5.74, 6) is -0.118. The largest absolute Gasteiger partial charge is 0.507 e. The van der Waals surface area contributed by atoms with Crippen molar-refractivity contribution in [2.24, 2.45) is 0 Å². The van der Waals surface area contributed by atoms with E-state index in [4.69, 9.17) is 0 Å². The summed E-state index contributed by atoms with van der Waals surface area (Å²) in [7, 11) is 0. The van der Waals surface area contributed by atoms with Crippen LogP contribution in [0.2, 0.25) is 0 Å². The Morgan fingerprint density at radius 3 is 2.55 bits per heavy atom. The van der Waals surface area contributed by atoms with Gasteiger partial charge in [0.05, 0.1) is 5.56 Å². The predicted octanol–water partition coefficient (Wildman–Crippen LogP) is 2.35. The number of phenolic OH excluding ortho intramolecular Hbond substituents is 1. The smallest absolute Gasteiger partial charge is 0.255 e. The van der Waals surface area contributed by atoms with E-state index in [0.29, 0.717) is 11.6 Å². The van der Waals surface area contributed by atoms with Gasteiger partial charge < -0.3 is 15.7 Å². The Labute approximate surface area is 120 Å². The van der Waals surface area contributed by atoms with Crippen LogP contribution in [-0.4, -0.2) is 29.6 Å². The highest BCUT2D eigenvalue weighted by atomic mass is 16.3. The maximum Gasteiger partial charge on any atom is 0.255 e. The Morgan fingerprint density at radius 2 is 1.90 bits per heavy atom. The maximum atomic E-state index is 12.2. The zero-order valence-electron chi connectivity index (χ0n) is 12.3. The Hall–Kier alpha value is -1.55. The first-order valence-corrected chi connectivity index (χ1v) is 7.44. The Morgan fingerprint density at radius 1 is 1.25 bits per heavy atom. The Bertz CT molecular complexity index is 466. The van der Waals surface area contributed by atoms with Crippen molar-refractivity contribution in [2.75, 3.05) is 6.54 Å². The molecule has 0 spiro atoms. The summed E-state index contributed by atoms with van der Waals surface area (Å²) in [5, 5.41) is 16.3. The first-order chi connectivity index (χ1) is 9.60. The fourth-order valence-electron chi connectivity index (χ4n) is 2.83. The first-order valence-electron chi connectivity index (χ1n) is 7.44. The molecule has 0 heterocycles.